The van der Waals surface area contributed by atoms with Gasteiger partial charge in [0, 0.05) is 6.20 Å². The molecule has 3 aromatic heterocycles. The Bertz CT molecular complexity index is 1710. The lowest BCUT2D eigenvalue weighted by atomic mass is 10.1. The lowest BCUT2D eigenvalue weighted by molar-refractivity contribution is 0.0599. The molecule has 5 aromatic rings. The molecule has 10 nitrogen and oxygen atoms in total. The predicted molar refractivity (Wildman–Crippen MR) is 127 cm³/mol. The van der Waals surface area contributed by atoms with Crippen molar-refractivity contribution in [3.05, 3.63) is 87.7 Å². The number of halogens is 1. The normalized spacial score (nSPS) is 11.1. The minimum Gasteiger partial charge on any atom is -0.465 e. The number of nitrogens with zero attached hydrogens (tertiary/aromatic N) is 5. The zero-order chi connectivity index (χ0) is 25.6. The lowest BCUT2D eigenvalue weighted by Crippen LogP contribution is -2.21. The van der Waals surface area contributed by atoms with Crippen LogP contribution in [0.5, 0.6) is 0 Å². The monoisotopic (exact) mass is 487 g/mol. The third kappa shape index (κ3) is 3.66. The van der Waals surface area contributed by atoms with Gasteiger partial charge in [0.15, 0.2) is 11.2 Å². The highest BCUT2D eigenvalue weighted by Crippen LogP contribution is 2.28. The zero-order valence-corrected chi connectivity index (χ0v) is 19.4. The summed E-state index contributed by atoms with van der Waals surface area (Å²) in [6.07, 6.45) is 1.48. The molecule has 0 saturated heterocycles. The number of esters is 2. The van der Waals surface area contributed by atoms with Crippen molar-refractivity contribution >= 4 is 28.6 Å². The summed E-state index contributed by atoms with van der Waals surface area (Å²) in [5, 5.41) is 12.9. The molecule has 0 aliphatic heterocycles. The van der Waals surface area contributed by atoms with Gasteiger partial charge in [-0.25, -0.2) is 18.5 Å². The number of carbonyl (C=O) groups is 2. The summed E-state index contributed by atoms with van der Waals surface area (Å²) in [5.74, 6) is -1.73. The van der Waals surface area contributed by atoms with E-state index in [-0.39, 0.29) is 28.1 Å². The van der Waals surface area contributed by atoms with Crippen LogP contribution in [0.15, 0.2) is 59.5 Å². The zero-order valence-electron chi connectivity index (χ0n) is 19.4. The van der Waals surface area contributed by atoms with Crippen LogP contribution in [-0.2, 0) is 9.47 Å². The molecule has 0 bridgehead atoms. The van der Waals surface area contributed by atoms with E-state index in [0.29, 0.717) is 28.0 Å². The van der Waals surface area contributed by atoms with Gasteiger partial charge >= 0.3 is 11.9 Å². The Hall–Kier alpha value is -4.93. The maximum atomic E-state index is 13.4. The standard InChI is InChI=1S/C25H18FN5O5/c1-13-20(14-4-6-17(26)7-5-14)22-28-27-21-19(31(22)29-13)8-9-30(23(21)32)18-11-15(24(33)35-2)10-16(12-18)25(34)36-3/h4-12H,1-3H3. The predicted octanol–water partition coefficient (Wildman–Crippen LogP) is 3.12. The SMILES string of the molecule is COC(=O)c1cc(C(=O)OC)cc(-n2ccc3c(nnc4c(-c5ccc(F)cc5)c(C)nn43)c2=O)c1. The highest BCUT2D eigenvalue weighted by molar-refractivity contribution is 5.96. The summed E-state index contributed by atoms with van der Waals surface area (Å²) in [6.45, 7) is 1.78. The molecule has 0 atom stereocenters. The molecule has 36 heavy (non-hydrogen) atoms. The van der Waals surface area contributed by atoms with Gasteiger partial charge in [0.1, 0.15) is 11.3 Å². The van der Waals surface area contributed by atoms with Crippen LogP contribution in [0, 0.1) is 12.7 Å². The van der Waals surface area contributed by atoms with E-state index < -0.39 is 17.5 Å². The molecule has 0 unspecified atom stereocenters. The average Bonchev–Trinajstić information content (AvgIpc) is 3.24. The molecule has 3 heterocycles. The quantitative estimate of drug-likeness (QED) is 0.355. The maximum Gasteiger partial charge on any atom is 0.337 e. The smallest absolute Gasteiger partial charge is 0.337 e. The lowest BCUT2D eigenvalue weighted by Gasteiger charge is -2.11. The molecule has 2 aromatic carbocycles. The van der Waals surface area contributed by atoms with Crippen molar-refractivity contribution < 1.29 is 23.5 Å². The van der Waals surface area contributed by atoms with Gasteiger partial charge in [-0.1, -0.05) is 12.1 Å². The highest BCUT2D eigenvalue weighted by Gasteiger charge is 2.19. The van der Waals surface area contributed by atoms with Gasteiger partial charge in [-0.2, -0.15) is 5.10 Å². The number of benzene rings is 2. The van der Waals surface area contributed by atoms with Crippen LogP contribution in [0.3, 0.4) is 0 Å². The number of aromatic nitrogens is 5. The number of ether oxygens (including phenoxy) is 2. The van der Waals surface area contributed by atoms with E-state index in [9.17, 15) is 18.8 Å². The molecule has 0 N–H and O–H groups in total. The van der Waals surface area contributed by atoms with Crippen molar-refractivity contribution in [1.82, 2.24) is 24.4 Å². The molecule has 11 heteroatoms. The van der Waals surface area contributed by atoms with E-state index in [1.807, 2.05) is 0 Å². The first kappa shape index (κ1) is 22.8. The Kier molecular flexibility index (Phi) is 5.51. The van der Waals surface area contributed by atoms with Gasteiger partial charge < -0.3 is 9.47 Å². The number of aryl methyl sites for hydroxylation is 1. The topological polar surface area (TPSA) is 118 Å². The molecular weight excluding hydrogens is 469 g/mol. The van der Waals surface area contributed by atoms with Crippen LogP contribution in [-0.4, -0.2) is 50.5 Å². The van der Waals surface area contributed by atoms with Gasteiger partial charge in [0.2, 0.25) is 0 Å². The first-order valence-electron chi connectivity index (χ1n) is 10.7. The highest BCUT2D eigenvalue weighted by atomic mass is 19.1. The van der Waals surface area contributed by atoms with Crippen molar-refractivity contribution in [3.8, 4) is 16.8 Å². The number of pyridine rings is 1. The summed E-state index contributed by atoms with van der Waals surface area (Å²) >= 11 is 0. The first-order chi connectivity index (χ1) is 17.3. The third-order valence-electron chi connectivity index (χ3n) is 5.73. The molecule has 0 aliphatic rings. The van der Waals surface area contributed by atoms with Crippen LogP contribution < -0.4 is 5.56 Å². The van der Waals surface area contributed by atoms with Crippen molar-refractivity contribution in [2.45, 2.75) is 6.92 Å². The van der Waals surface area contributed by atoms with E-state index in [2.05, 4.69) is 15.3 Å². The molecule has 0 amide bonds. The van der Waals surface area contributed by atoms with Crippen LogP contribution in [0.25, 0.3) is 33.5 Å². The fourth-order valence-electron chi connectivity index (χ4n) is 4.03. The Morgan fingerprint density at radius 3 is 2.17 bits per heavy atom. The second-order valence-corrected chi connectivity index (χ2v) is 7.88. The van der Waals surface area contributed by atoms with Crippen molar-refractivity contribution in [3.63, 3.8) is 0 Å². The summed E-state index contributed by atoms with van der Waals surface area (Å²) < 4.78 is 25.7. The minimum atomic E-state index is -0.683. The molecule has 5 rings (SSSR count). The number of hydrogen-bond acceptors (Lipinski definition) is 8. The Labute approximate surface area is 202 Å². The van der Waals surface area contributed by atoms with Crippen LogP contribution in [0.1, 0.15) is 26.4 Å². The average molecular weight is 487 g/mol. The van der Waals surface area contributed by atoms with Crippen LogP contribution >= 0.6 is 0 Å². The van der Waals surface area contributed by atoms with E-state index in [0.717, 1.165) is 0 Å². The van der Waals surface area contributed by atoms with Gasteiger partial charge in [-0.05, 0) is 48.9 Å². The molecule has 0 saturated carbocycles. The Balaban J connectivity index is 1.71. The molecule has 180 valence electrons. The summed E-state index contributed by atoms with van der Waals surface area (Å²) in [7, 11) is 2.42. The largest absolute Gasteiger partial charge is 0.465 e. The number of fused-ring (bicyclic) bond motifs is 3. The fourth-order valence-corrected chi connectivity index (χ4v) is 4.03. The third-order valence-corrected chi connectivity index (χ3v) is 5.73. The van der Waals surface area contributed by atoms with E-state index >= 15 is 0 Å². The van der Waals surface area contributed by atoms with Crippen molar-refractivity contribution in [2.75, 3.05) is 14.2 Å². The minimum absolute atomic E-state index is 0.0150. The van der Waals surface area contributed by atoms with Crippen molar-refractivity contribution in [1.29, 1.82) is 0 Å². The molecular formula is C25H18FN5O5. The molecule has 0 radical (unpaired) electrons. The summed E-state index contributed by atoms with van der Waals surface area (Å²) in [6, 6.07) is 11.7. The molecule has 0 fully saturated rings. The first-order valence-corrected chi connectivity index (χ1v) is 10.7. The molecule has 0 spiro atoms. The van der Waals surface area contributed by atoms with Gasteiger partial charge in [0.05, 0.1) is 42.3 Å². The number of rotatable bonds is 4. The maximum absolute atomic E-state index is 13.4. The number of carbonyl (C=O) groups excluding carboxylic acids is 2. The van der Waals surface area contributed by atoms with Crippen LogP contribution in [0.2, 0.25) is 0 Å². The Morgan fingerprint density at radius 2 is 1.56 bits per heavy atom. The van der Waals surface area contributed by atoms with Crippen LogP contribution in [0.4, 0.5) is 4.39 Å². The number of methoxy groups -OCH3 is 2. The van der Waals surface area contributed by atoms with Gasteiger partial charge in [-0.15, -0.1) is 10.2 Å². The van der Waals surface area contributed by atoms with Gasteiger partial charge in [0.25, 0.3) is 5.56 Å². The fraction of sp³-hybridized carbons (Fsp3) is 0.120. The summed E-state index contributed by atoms with van der Waals surface area (Å²) in [5.41, 5.74) is 2.64. The van der Waals surface area contributed by atoms with Gasteiger partial charge in [-0.3, -0.25) is 9.36 Å². The van der Waals surface area contributed by atoms with E-state index in [1.165, 1.54) is 59.8 Å². The van der Waals surface area contributed by atoms with Crippen molar-refractivity contribution in [2.24, 2.45) is 0 Å². The van der Waals surface area contributed by atoms with E-state index in [1.54, 1.807) is 25.1 Å². The van der Waals surface area contributed by atoms with E-state index in [4.69, 9.17) is 9.47 Å². The second kappa shape index (κ2) is 8.69. The Morgan fingerprint density at radius 1 is 0.917 bits per heavy atom. The summed E-state index contributed by atoms with van der Waals surface area (Å²) in [4.78, 5) is 37.7. The number of hydrogen-bond donors (Lipinski definition) is 0. The second-order valence-electron chi connectivity index (χ2n) is 7.88. The molecule has 0 aliphatic carbocycles.